The summed E-state index contributed by atoms with van der Waals surface area (Å²) in [5.74, 6) is -0.628. The topological polar surface area (TPSA) is 105 Å². The van der Waals surface area contributed by atoms with Crippen LogP contribution >= 0.6 is 0 Å². The fraction of sp³-hybridized carbons (Fsp3) is 0.455. The molecule has 9 nitrogen and oxygen atoms in total. The molecule has 0 aliphatic carbocycles. The van der Waals surface area contributed by atoms with Crippen LogP contribution in [0.2, 0.25) is 0 Å². The average molecular weight is 431 g/mol. The zero-order chi connectivity index (χ0) is 23.0. The van der Waals surface area contributed by atoms with E-state index in [9.17, 15) is 19.2 Å². The molecule has 1 saturated heterocycles. The van der Waals surface area contributed by atoms with Gasteiger partial charge in [-0.25, -0.2) is 19.6 Å². The van der Waals surface area contributed by atoms with Gasteiger partial charge < -0.3 is 19.6 Å². The van der Waals surface area contributed by atoms with Crippen LogP contribution < -0.4 is 5.32 Å². The first-order valence-corrected chi connectivity index (χ1v) is 10.0. The van der Waals surface area contributed by atoms with Crippen LogP contribution in [0.15, 0.2) is 43.0 Å². The number of hydrogen-bond donors (Lipinski definition) is 1. The van der Waals surface area contributed by atoms with Crippen molar-refractivity contribution in [2.45, 2.75) is 57.9 Å². The van der Waals surface area contributed by atoms with E-state index in [1.54, 1.807) is 32.9 Å². The number of carbonyl (C=O) groups excluding carboxylic acids is 4. The Labute approximate surface area is 181 Å². The highest BCUT2D eigenvalue weighted by Gasteiger charge is 2.42. The van der Waals surface area contributed by atoms with E-state index < -0.39 is 35.8 Å². The molecule has 1 N–H and O–H groups in total. The Morgan fingerprint density at radius 1 is 1.26 bits per heavy atom. The molecule has 1 aromatic carbocycles. The normalized spacial score (nSPS) is 16.9. The zero-order valence-corrected chi connectivity index (χ0v) is 18.1. The molecule has 3 amide bonds. The standard InChI is InChI=1S/C22H29N3O6/c1-5-9-18(23-20(28)31-22(2,3)4)19(27)25-17(14-26)12-13-24(25)21(29)30-15-16-10-7-6-8-11-16/h5-8,10-11,14,17-18H,1,9,12-13,15H2,2-4H3,(H,23,28)/t17-,18-/m0/s1. The van der Waals surface area contributed by atoms with Crippen LogP contribution in [0.1, 0.15) is 39.2 Å². The minimum absolute atomic E-state index is 0.0240. The Bertz CT molecular complexity index is 805. The van der Waals surface area contributed by atoms with Crippen molar-refractivity contribution < 1.29 is 28.7 Å². The summed E-state index contributed by atoms with van der Waals surface area (Å²) in [5, 5.41) is 4.64. The summed E-state index contributed by atoms with van der Waals surface area (Å²) in [6.07, 6.45) is 0.879. The lowest BCUT2D eigenvalue weighted by Crippen LogP contribution is -2.56. The number of nitrogens with one attached hydrogen (secondary N) is 1. The molecule has 0 spiro atoms. The van der Waals surface area contributed by atoms with Gasteiger partial charge in [-0.15, -0.1) is 6.58 Å². The smallest absolute Gasteiger partial charge is 0.429 e. The molecule has 1 aromatic rings. The molecule has 31 heavy (non-hydrogen) atoms. The van der Waals surface area contributed by atoms with Crippen molar-refractivity contribution in [2.75, 3.05) is 6.54 Å². The fourth-order valence-corrected chi connectivity index (χ4v) is 3.04. The van der Waals surface area contributed by atoms with Crippen molar-refractivity contribution in [3.63, 3.8) is 0 Å². The van der Waals surface area contributed by atoms with E-state index in [1.807, 2.05) is 18.2 Å². The number of aldehydes is 1. The lowest BCUT2D eigenvalue weighted by atomic mass is 10.1. The van der Waals surface area contributed by atoms with Crippen LogP contribution in [-0.2, 0) is 25.7 Å². The number of rotatable bonds is 7. The second-order valence-electron chi connectivity index (χ2n) is 8.06. The van der Waals surface area contributed by atoms with E-state index >= 15 is 0 Å². The largest absolute Gasteiger partial charge is 0.444 e. The van der Waals surface area contributed by atoms with Crippen molar-refractivity contribution in [1.82, 2.24) is 15.3 Å². The fourth-order valence-electron chi connectivity index (χ4n) is 3.04. The first kappa shape index (κ1) is 23.9. The van der Waals surface area contributed by atoms with E-state index in [1.165, 1.54) is 6.08 Å². The van der Waals surface area contributed by atoms with Crippen molar-refractivity contribution in [2.24, 2.45) is 0 Å². The molecule has 1 fully saturated rings. The predicted octanol–water partition coefficient (Wildman–Crippen LogP) is 2.81. The molecule has 2 atom stereocenters. The number of ether oxygens (including phenoxy) is 2. The van der Waals surface area contributed by atoms with Gasteiger partial charge in [0.05, 0.1) is 0 Å². The lowest BCUT2D eigenvalue weighted by Gasteiger charge is -2.32. The molecule has 9 heteroatoms. The second-order valence-corrected chi connectivity index (χ2v) is 8.06. The Balaban J connectivity index is 2.13. The predicted molar refractivity (Wildman–Crippen MR) is 113 cm³/mol. The maximum atomic E-state index is 13.2. The Kier molecular flexibility index (Phi) is 8.18. The number of nitrogens with zero attached hydrogens (tertiary/aromatic N) is 2. The number of alkyl carbamates (subject to hydrolysis) is 1. The number of amides is 3. The van der Waals surface area contributed by atoms with E-state index in [2.05, 4.69) is 11.9 Å². The third-order valence-corrected chi connectivity index (χ3v) is 4.40. The van der Waals surface area contributed by atoms with Crippen molar-refractivity contribution in [1.29, 1.82) is 0 Å². The van der Waals surface area contributed by atoms with Crippen LogP contribution in [0, 0.1) is 0 Å². The van der Waals surface area contributed by atoms with Gasteiger partial charge in [0, 0.05) is 6.54 Å². The summed E-state index contributed by atoms with van der Waals surface area (Å²) in [4.78, 5) is 49.6. The van der Waals surface area contributed by atoms with Gasteiger partial charge in [0.1, 0.15) is 30.6 Å². The molecule has 0 bridgehead atoms. The zero-order valence-electron chi connectivity index (χ0n) is 18.1. The first-order chi connectivity index (χ1) is 14.7. The Morgan fingerprint density at radius 3 is 2.52 bits per heavy atom. The van der Waals surface area contributed by atoms with Crippen molar-refractivity contribution in [3.8, 4) is 0 Å². The van der Waals surface area contributed by atoms with E-state index in [0.717, 1.165) is 15.6 Å². The second kappa shape index (κ2) is 10.6. The van der Waals surface area contributed by atoms with Gasteiger partial charge in [-0.1, -0.05) is 36.4 Å². The quantitative estimate of drug-likeness (QED) is 0.526. The summed E-state index contributed by atoms with van der Waals surface area (Å²) in [7, 11) is 0. The van der Waals surface area contributed by atoms with Crippen molar-refractivity contribution in [3.05, 3.63) is 48.6 Å². The highest BCUT2D eigenvalue weighted by atomic mass is 16.6. The minimum atomic E-state index is -1.06. The Hall–Kier alpha value is -3.36. The van der Waals surface area contributed by atoms with Gasteiger partial charge >= 0.3 is 12.2 Å². The summed E-state index contributed by atoms with van der Waals surface area (Å²) in [5.41, 5.74) is 0.0361. The van der Waals surface area contributed by atoms with Gasteiger partial charge in [0.15, 0.2) is 0 Å². The van der Waals surface area contributed by atoms with E-state index in [4.69, 9.17) is 9.47 Å². The van der Waals surface area contributed by atoms with Gasteiger partial charge in [0.25, 0.3) is 5.91 Å². The van der Waals surface area contributed by atoms with E-state index in [0.29, 0.717) is 6.29 Å². The summed E-state index contributed by atoms with van der Waals surface area (Å²) < 4.78 is 10.5. The van der Waals surface area contributed by atoms with Gasteiger partial charge in [-0.2, -0.15) is 0 Å². The van der Waals surface area contributed by atoms with Crippen molar-refractivity contribution >= 4 is 24.4 Å². The number of hydrogen-bond acceptors (Lipinski definition) is 6. The highest BCUT2D eigenvalue weighted by Crippen LogP contribution is 2.21. The minimum Gasteiger partial charge on any atom is -0.444 e. The highest BCUT2D eigenvalue weighted by molar-refractivity contribution is 5.89. The molecule has 0 saturated carbocycles. The monoisotopic (exact) mass is 431 g/mol. The molecular weight excluding hydrogens is 402 g/mol. The molecule has 2 rings (SSSR count). The van der Waals surface area contributed by atoms with Crippen LogP contribution in [0.5, 0.6) is 0 Å². The maximum absolute atomic E-state index is 13.2. The number of hydrazine groups is 1. The first-order valence-electron chi connectivity index (χ1n) is 10.0. The van der Waals surface area contributed by atoms with Gasteiger partial charge in [0.2, 0.25) is 0 Å². The third-order valence-electron chi connectivity index (χ3n) is 4.40. The summed E-state index contributed by atoms with van der Waals surface area (Å²) in [6.45, 7) is 8.87. The van der Waals surface area contributed by atoms with E-state index in [-0.39, 0.29) is 26.0 Å². The molecule has 1 heterocycles. The molecule has 168 valence electrons. The molecule has 1 aliphatic rings. The SMILES string of the molecule is C=CC[C@H](NC(=O)OC(C)(C)C)C(=O)N1[C@H](C=O)CCN1C(=O)OCc1ccccc1. The maximum Gasteiger partial charge on any atom is 0.429 e. The molecule has 1 aliphatic heterocycles. The Morgan fingerprint density at radius 2 is 1.94 bits per heavy atom. The van der Waals surface area contributed by atoms with Gasteiger partial charge in [-0.3, -0.25) is 4.79 Å². The summed E-state index contributed by atoms with van der Waals surface area (Å²) >= 11 is 0. The van der Waals surface area contributed by atoms with Crippen LogP contribution in [0.25, 0.3) is 0 Å². The third kappa shape index (κ3) is 6.84. The average Bonchev–Trinajstić information content (AvgIpc) is 3.14. The summed E-state index contributed by atoms with van der Waals surface area (Å²) in [6, 6.07) is 7.19. The van der Waals surface area contributed by atoms with Gasteiger partial charge in [-0.05, 0) is 39.2 Å². The molecule has 0 unspecified atom stereocenters. The molecule has 0 radical (unpaired) electrons. The molecular formula is C22H29N3O6. The van der Waals surface area contributed by atoms with Crippen LogP contribution in [0.3, 0.4) is 0 Å². The molecule has 0 aromatic heterocycles. The van der Waals surface area contributed by atoms with Crippen LogP contribution in [0.4, 0.5) is 9.59 Å². The lowest BCUT2D eigenvalue weighted by molar-refractivity contribution is -0.149. The van der Waals surface area contributed by atoms with Crippen LogP contribution in [-0.4, -0.2) is 58.6 Å². The number of benzene rings is 1. The number of carbonyl (C=O) groups is 4.